The molecule has 0 spiro atoms. The van der Waals surface area contributed by atoms with Gasteiger partial charge < -0.3 is 9.47 Å². The van der Waals surface area contributed by atoms with Gasteiger partial charge in [-0.1, -0.05) is 161 Å². The molecule has 0 saturated carbocycles. The third-order valence-electron chi connectivity index (χ3n) is 7.76. The molecule has 0 aliphatic rings. The first kappa shape index (κ1) is 38.7. The zero-order chi connectivity index (χ0) is 29.2. The lowest BCUT2D eigenvalue weighted by Crippen LogP contribution is -2.05. The Morgan fingerprint density at radius 1 is 0.450 bits per heavy atom. The Labute approximate surface area is 249 Å². The maximum atomic E-state index is 11.8. The number of carbonyl (C=O) groups excluding carboxylic acids is 2. The fourth-order valence-corrected chi connectivity index (χ4v) is 5.08. The quantitative estimate of drug-likeness (QED) is 0.0463. The van der Waals surface area contributed by atoms with Crippen LogP contribution in [0.1, 0.15) is 194 Å². The molecule has 0 heterocycles. The van der Waals surface area contributed by atoms with Crippen molar-refractivity contribution in [3.8, 4) is 0 Å². The molecule has 0 aliphatic heterocycles. The summed E-state index contributed by atoms with van der Waals surface area (Å²) in [5, 5.41) is 0. The zero-order valence-electron chi connectivity index (χ0n) is 27.0. The van der Waals surface area contributed by atoms with Gasteiger partial charge in [0.15, 0.2) is 0 Å². The lowest BCUT2D eigenvalue weighted by atomic mass is 10.0. The number of allylic oxidation sites excluding steroid dienone is 1. The van der Waals surface area contributed by atoms with Gasteiger partial charge in [-0.15, -0.1) is 0 Å². The molecule has 0 aliphatic carbocycles. The standard InChI is InChI=1S/C36H68O4/c1-3-5-7-9-25-29-33-39-35(37)31-27-23-21-19-17-15-13-11-12-14-16-18-20-22-24-28-32-36(38)40-34-30-26-10-8-6-4-2/h27,31H,3-26,28-30,32-34H2,1-2H3/b31-27+. The van der Waals surface area contributed by atoms with E-state index in [1.54, 1.807) is 6.08 Å². The van der Waals surface area contributed by atoms with E-state index in [1.807, 2.05) is 6.08 Å². The van der Waals surface area contributed by atoms with Crippen molar-refractivity contribution in [2.45, 2.75) is 194 Å². The van der Waals surface area contributed by atoms with Gasteiger partial charge in [0.2, 0.25) is 0 Å². The van der Waals surface area contributed by atoms with Gasteiger partial charge in [0.05, 0.1) is 13.2 Å². The van der Waals surface area contributed by atoms with Crippen LogP contribution in [0.25, 0.3) is 0 Å². The second kappa shape index (κ2) is 33.9. The SMILES string of the molecule is CCCCCCCCOC(=O)/C=C/CCCCCCCCCCCCCCCCC(=O)OCCCCCCCC. The fraction of sp³-hybridized carbons (Fsp3) is 0.889. The van der Waals surface area contributed by atoms with E-state index in [0.29, 0.717) is 19.6 Å². The van der Waals surface area contributed by atoms with Gasteiger partial charge in [0.1, 0.15) is 0 Å². The average molecular weight is 565 g/mol. The minimum absolute atomic E-state index is 0.00123. The van der Waals surface area contributed by atoms with Crippen molar-refractivity contribution in [1.29, 1.82) is 0 Å². The van der Waals surface area contributed by atoms with Crippen LogP contribution in [0, 0.1) is 0 Å². The lowest BCUT2D eigenvalue weighted by Gasteiger charge is -2.05. The maximum absolute atomic E-state index is 11.8. The summed E-state index contributed by atoms with van der Waals surface area (Å²) in [6.45, 7) is 5.63. The molecule has 0 aromatic rings. The summed E-state index contributed by atoms with van der Waals surface area (Å²) < 4.78 is 10.6. The van der Waals surface area contributed by atoms with Crippen LogP contribution in [-0.4, -0.2) is 25.2 Å². The molecule has 0 amide bonds. The number of esters is 2. The fourth-order valence-electron chi connectivity index (χ4n) is 5.08. The van der Waals surface area contributed by atoms with Gasteiger partial charge in [-0.3, -0.25) is 4.79 Å². The second-order valence-corrected chi connectivity index (χ2v) is 11.8. The third kappa shape index (κ3) is 32.9. The molecule has 236 valence electrons. The van der Waals surface area contributed by atoms with Gasteiger partial charge in [0.25, 0.3) is 0 Å². The molecule has 0 radical (unpaired) electrons. The van der Waals surface area contributed by atoms with Crippen molar-refractivity contribution >= 4 is 11.9 Å². The van der Waals surface area contributed by atoms with Crippen LogP contribution < -0.4 is 0 Å². The van der Waals surface area contributed by atoms with Gasteiger partial charge in [0, 0.05) is 12.5 Å². The monoisotopic (exact) mass is 565 g/mol. The van der Waals surface area contributed by atoms with Gasteiger partial charge in [-0.2, -0.15) is 0 Å². The van der Waals surface area contributed by atoms with Crippen LogP contribution in [-0.2, 0) is 19.1 Å². The summed E-state index contributed by atoms with van der Waals surface area (Å²) in [6.07, 6.45) is 37.8. The van der Waals surface area contributed by atoms with Crippen LogP contribution in [0.15, 0.2) is 12.2 Å². The van der Waals surface area contributed by atoms with Crippen LogP contribution in [0.5, 0.6) is 0 Å². The van der Waals surface area contributed by atoms with Gasteiger partial charge in [-0.05, 0) is 32.1 Å². The highest BCUT2D eigenvalue weighted by Gasteiger charge is 2.03. The molecule has 0 bridgehead atoms. The van der Waals surface area contributed by atoms with E-state index in [-0.39, 0.29) is 11.9 Å². The summed E-state index contributed by atoms with van der Waals surface area (Å²) in [7, 11) is 0. The topological polar surface area (TPSA) is 52.6 Å². The molecule has 0 unspecified atom stereocenters. The predicted octanol–water partition coefficient (Wildman–Crippen LogP) is 11.6. The average Bonchev–Trinajstić information content (AvgIpc) is 2.95. The first-order valence-electron chi connectivity index (χ1n) is 17.7. The van der Waals surface area contributed by atoms with Crippen LogP contribution in [0.4, 0.5) is 0 Å². The Morgan fingerprint density at radius 3 is 1.30 bits per heavy atom. The number of rotatable bonds is 32. The Morgan fingerprint density at radius 2 is 0.825 bits per heavy atom. The first-order valence-corrected chi connectivity index (χ1v) is 17.7. The molecular weight excluding hydrogens is 496 g/mol. The summed E-state index contributed by atoms with van der Waals surface area (Å²) >= 11 is 0. The number of hydrogen-bond donors (Lipinski definition) is 0. The van der Waals surface area contributed by atoms with E-state index in [1.165, 1.54) is 135 Å². The van der Waals surface area contributed by atoms with Crippen molar-refractivity contribution in [3.63, 3.8) is 0 Å². The largest absolute Gasteiger partial charge is 0.466 e. The summed E-state index contributed by atoms with van der Waals surface area (Å²) in [4.78, 5) is 23.5. The molecule has 0 atom stereocenters. The van der Waals surface area contributed by atoms with Crippen molar-refractivity contribution in [2.75, 3.05) is 13.2 Å². The van der Waals surface area contributed by atoms with E-state index in [4.69, 9.17) is 9.47 Å². The van der Waals surface area contributed by atoms with Gasteiger partial charge >= 0.3 is 11.9 Å². The Balaban J connectivity index is 3.23. The van der Waals surface area contributed by atoms with Gasteiger partial charge in [-0.25, -0.2) is 4.79 Å². The number of hydrogen-bond acceptors (Lipinski definition) is 4. The van der Waals surface area contributed by atoms with Crippen molar-refractivity contribution in [1.82, 2.24) is 0 Å². The van der Waals surface area contributed by atoms with E-state index >= 15 is 0 Å². The Bertz CT molecular complexity index is 557. The number of ether oxygens (including phenoxy) is 2. The minimum Gasteiger partial charge on any atom is -0.466 e. The molecule has 4 heteroatoms. The third-order valence-corrected chi connectivity index (χ3v) is 7.76. The van der Waals surface area contributed by atoms with E-state index in [0.717, 1.165) is 38.5 Å². The first-order chi connectivity index (χ1) is 19.7. The molecule has 0 aromatic heterocycles. The highest BCUT2D eigenvalue weighted by Crippen LogP contribution is 2.14. The molecule has 0 aromatic carbocycles. The number of carbonyl (C=O) groups is 2. The molecule has 40 heavy (non-hydrogen) atoms. The molecule has 0 N–H and O–H groups in total. The highest BCUT2D eigenvalue weighted by atomic mass is 16.5. The molecule has 0 rings (SSSR count). The summed E-state index contributed by atoms with van der Waals surface area (Å²) in [6, 6.07) is 0. The minimum atomic E-state index is -0.176. The van der Waals surface area contributed by atoms with Crippen molar-refractivity contribution in [2.24, 2.45) is 0 Å². The van der Waals surface area contributed by atoms with Crippen LogP contribution in [0.3, 0.4) is 0 Å². The summed E-state index contributed by atoms with van der Waals surface area (Å²) in [5.41, 5.74) is 0. The molecule has 0 saturated heterocycles. The second-order valence-electron chi connectivity index (χ2n) is 11.8. The predicted molar refractivity (Wildman–Crippen MR) is 172 cm³/mol. The maximum Gasteiger partial charge on any atom is 0.330 e. The zero-order valence-corrected chi connectivity index (χ0v) is 27.0. The smallest absolute Gasteiger partial charge is 0.330 e. The van der Waals surface area contributed by atoms with Crippen molar-refractivity contribution in [3.05, 3.63) is 12.2 Å². The van der Waals surface area contributed by atoms with E-state index < -0.39 is 0 Å². The van der Waals surface area contributed by atoms with Crippen molar-refractivity contribution < 1.29 is 19.1 Å². The number of unbranched alkanes of at least 4 members (excludes halogenated alkanes) is 24. The van der Waals surface area contributed by atoms with E-state index in [2.05, 4.69) is 13.8 Å². The molecule has 0 fully saturated rings. The lowest BCUT2D eigenvalue weighted by molar-refractivity contribution is -0.144. The normalized spacial score (nSPS) is 11.3. The Kier molecular flexibility index (Phi) is 32.8. The van der Waals surface area contributed by atoms with Crippen LogP contribution >= 0.6 is 0 Å². The Hall–Kier alpha value is -1.32. The van der Waals surface area contributed by atoms with E-state index in [9.17, 15) is 9.59 Å². The summed E-state index contributed by atoms with van der Waals surface area (Å²) in [5.74, 6) is -0.175. The molecule has 4 nitrogen and oxygen atoms in total. The highest BCUT2D eigenvalue weighted by molar-refractivity contribution is 5.81. The molecular formula is C36H68O4. The van der Waals surface area contributed by atoms with Crippen LogP contribution in [0.2, 0.25) is 0 Å².